The number of hydrogen-bond donors (Lipinski definition) is 0. The maximum atomic E-state index is 12.9. The van der Waals surface area contributed by atoms with Gasteiger partial charge < -0.3 is 14.4 Å². The zero-order valence-corrected chi connectivity index (χ0v) is 30.9. The molecular weight excluding hydrogens is 657 g/mol. The Morgan fingerprint density at radius 3 is 1.94 bits per heavy atom. The minimum atomic E-state index is -0.343. The first-order chi connectivity index (χ1) is 25.7. The van der Waals surface area contributed by atoms with Gasteiger partial charge in [-0.2, -0.15) is 4.58 Å². The maximum Gasteiger partial charge on any atom is 0.338 e. The van der Waals surface area contributed by atoms with Crippen LogP contribution in [0.1, 0.15) is 38.8 Å². The minimum Gasteiger partial charge on any atom is -0.460 e. The molecule has 268 valence electrons. The van der Waals surface area contributed by atoms with Crippen LogP contribution < -0.4 is 4.90 Å². The molecule has 0 unspecified atom stereocenters. The van der Waals surface area contributed by atoms with Gasteiger partial charge in [0.2, 0.25) is 5.69 Å². The summed E-state index contributed by atoms with van der Waals surface area (Å²) >= 11 is 0. The number of benzene rings is 2. The van der Waals surface area contributed by atoms with Gasteiger partial charge in [0.05, 0.1) is 23.1 Å². The van der Waals surface area contributed by atoms with Crippen LogP contribution in [-0.2, 0) is 29.9 Å². The summed E-state index contributed by atoms with van der Waals surface area (Å²) in [6.45, 7) is 10.5. The lowest BCUT2D eigenvalue weighted by atomic mass is 9.81. The number of fused-ring (bicyclic) bond motifs is 2. The second-order valence-corrected chi connectivity index (χ2v) is 14.0. The lowest BCUT2D eigenvalue weighted by molar-refractivity contribution is -0.440. The van der Waals surface area contributed by atoms with Crippen molar-refractivity contribution in [3.8, 4) is 0 Å². The predicted molar refractivity (Wildman–Crippen MR) is 215 cm³/mol. The number of rotatable bonds is 11. The van der Waals surface area contributed by atoms with Crippen molar-refractivity contribution in [2.24, 2.45) is 0 Å². The van der Waals surface area contributed by atoms with Crippen LogP contribution in [0.2, 0.25) is 0 Å². The second-order valence-electron chi connectivity index (χ2n) is 14.0. The average Bonchev–Trinajstić information content (AvgIpc) is 3.46. The molecule has 0 atom stereocenters. The van der Waals surface area contributed by atoms with Crippen molar-refractivity contribution < 1.29 is 23.6 Å². The van der Waals surface area contributed by atoms with Gasteiger partial charge in [0.15, 0.2) is 18.9 Å². The minimum absolute atomic E-state index is 0.247. The first kappa shape index (κ1) is 36.8. The van der Waals surface area contributed by atoms with E-state index in [4.69, 9.17) is 9.47 Å². The third-order valence-corrected chi connectivity index (χ3v) is 9.89. The van der Waals surface area contributed by atoms with Crippen LogP contribution in [-0.4, -0.2) is 48.5 Å². The molecule has 0 saturated carbocycles. The molecule has 53 heavy (non-hydrogen) atoms. The Balaban J connectivity index is 1.18. The fraction of sp³-hybridized carbons (Fsp3) is 0.213. The van der Waals surface area contributed by atoms with Crippen LogP contribution >= 0.6 is 0 Å². The van der Waals surface area contributed by atoms with Gasteiger partial charge in [-0.15, -0.1) is 0 Å². The van der Waals surface area contributed by atoms with E-state index in [1.807, 2.05) is 72.9 Å². The number of ether oxygens (including phenoxy) is 2. The normalized spacial score (nSPS) is 21.3. The largest absolute Gasteiger partial charge is 0.460 e. The fourth-order valence-electron chi connectivity index (χ4n) is 7.15. The topological polar surface area (TPSA) is 58.9 Å². The molecule has 6 heteroatoms. The molecular formula is C47H47N2O4+. The standard InChI is InChI=1S/C47H47N2O4/c1-46(2)38-26-18-20-28-40(38)48(32-34-52-44(50)36-22-12-7-5-8-13-23-36)42(46)30-16-11-17-31-43-47(3,4)39-27-19-21-29-41(39)49(43)33-35-53-45(51)37-24-14-9-6-10-15-25-37/h5-31H,32-35H2,1-4H3/q+1/b7-5-,8-5?,9-6-,10-6?,12-7?,13-8-,14-9?,15-10-,22-12?,23-13?,24-14?,25-15?,36-22?,36-23?,37-24?,37-25?. The molecule has 2 aromatic rings. The molecule has 2 aromatic carbocycles. The van der Waals surface area contributed by atoms with E-state index in [1.165, 1.54) is 11.1 Å². The first-order valence-electron chi connectivity index (χ1n) is 18.1. The highest BCUT2D eigenvalue weighted by Gasteiger charge is 2.44. The van der Waals surface area contributed by atoms with E-state index in [2.05, 4.69) is 104 Å². The Labute approximate surface area is 313 Å². The summed E-state index contributed by atoms with van der Waals surface area (Å²) in [5, 5.41) is 0. The summed E-state index contributed by atoms with van der Waals surface area (Å²) in [7, 11) is 0. The number of carbonyl (C=O) groups excluding carboxylic acids is 2. The summed E-state index contributed by atoms with van der Waals surface area (Å²) in [5.74, 6) is -0.685. The van der Waals surface area contributed by atoms with Gasteiger partial charge in [-0.25, -0.2) is 9.59 Å². The van der Waals surface area contributed by atoms with Crippen molar-refractivity contribution in [3.05, 3.63) is 192 Å². The predicted octanol–water partition coefficient (Wildman–Crippen LogP) is 9.16. The quantitative estimate of drug-likeness (QED) is 0.133. The Kier molecular flexibility index (Phi) is 11.5. The van der Waals surface area contributed by atoms with Gasteiger partial charge in [-0.1, -0.05) is 129 Å². The van der Waals surface area contributed by atoms with E-state index in [-0.39, 0.29) is 36.0 Å². The molecule has 2 aliphatic carbocycles. The molecule has 2 aliphatic heterocycles. The summed E-state index contributed by atoms with van der Waals surface area (Å²) < 4.78 is 13.8. The number of para-hydroxylation sites is 2. The van der Waals surface area contributed by atoms with Gasteiger partial charge in [0.1, 0.15) is 6.61 Å². The van der Waals surface area contributed by atoms with Gasteiger partial charge in [0.25, 0.3) is 0 Å². The highest BCUT2D eigenvalue weighted by atomic mass is 16.5. The fourth-order valence-corrected chi connectivity index (χ4v) is 7.15. The van der Waals surface area contributed by atoms with Crippen LogP contribution in [0.3, 0.4) is 0 Å². The van der Waals surface area contributed by atoms with E-state index in [1.54, 1.807) is 24.3 Å². The number of anilines is 1. The number of esters is 2. The van der Waals surface area contributed by atoms with Crippen molar-refractivity contribution in [1.29, 1.82) is 0 Å². The highest BCUT2D eigenvalue weighted by molar-refractivity contribution is 6.03. The third-order valence-electron chi connectivity index (χ3n) is 9.89. The van der Waals surface area contributed by atoms with Crippen molar-refractivity contribution in [1.82, 2.24) is 0 Å². The van der Waals surface area contributed by atoms with E-state index in [0.717, 1.165) is 22.8 Å². The SMILES string of the molecule is CC1(C)C(/C=C/C=C/C=C2/N(CCOC(=O)C3=C/C=C\C=C/C=C3)c3ccccc3C2(C)C)=[N+](CCOC(=O)C2=C/C=C\C=C/C=C2)c2ccccc21. The van der Waals surface area contributed by atoms with Gasteiger partial charge in [0, 0.05) is 34.5 Å². The van der Waals surface area contributed by atoms with Gasteiger partial charge >= 0.3 is 11.9 Å². The van der Waals surface area contributed by atoms with Crippen molar-refractivity contribution in [3.63, 3.8) is 0 Å². The van der Waals surface area contributed by atoms with E-state index in [0.29, 0.717) is 24.2 Å². The van der Waals surface area contributed by atoms with Crippen molar-refractivity contribution in [2.45, 2.75) is 38.5 Å². The van der Waals surface area contributed by atoms with E-state index in [9.17, 15) is 9.59 Å². The Hall–Kier alpha value is -6.01. The van der Waals surface area contributed by atoms with Crippen LogP contribution in [0.15, 0.2) is 181 Å². The van der Waals surface area contributed by atoms with E-state index >= 15 is 0 Å². The molecule has 0 radical (unpaired) electrons. The summed E-state index contributed by atoms with van der Waals surface area (Å²) in [4.78, 5) is 28.0. The third kappa shape index (κ3) is 8.23. The average molecular weight is 704 g/mol. The van der Waals surface area contributed by atoms with Crippen molar-refractivity contribution >= 4 is 29.0 Å². The molecule has 0 amide bonds. The summed E-state index contributed by atoms with van der Waals surface area (Å²) in [6.07, 6.45) is 36.3. The summed E-state index contributed by atoms with van der Waals surface area (Å²) in [6, 6.07) is 16.8. The molecule has 6 nitrogen and oxygen atoms in total. The van der Waals surface area contributed by atoms with Crippen LogP contribution in [0.25, 0.3) is 0 Å². The zero-order chi connectivity index (χ0) is 37.3. The molecule has 4 aliphatic rings. The molecule has 0 saturated heterocycles. The van der Waals surface area contributed by atoms with Crippen LogP contribution in [0, 0.1) is 0 Å². The van der Waals surface area contributed by atoms with Crippen molar-refractivity contribution in [2.75, 3.05) is 31.2 Å². The molecule has 0 spiro atoms. The van der Waals surface area contributed by atoms with Crippen LogP contribution in [0.5, 0.6) is 0 Å². The molecule has 0 fully saturated rings. The Morgan fingerprint density at radius 1 is 0.660 bits per heavy atom. The highest BCUT2D eigenvalue weighted by Crippen LogP contribution is 2.47. The molecule has 2 heterocycles. The monoisotopic (exact) mass is 703 g/mol. The smallest absolute Gasteiger partial charge is 0.338 e. The number of nitrogens with zero attached hydrogens (tertiary/aromatic N) is 2. The summed E-state index contributed by atoms with van der Waals surface area (Å²) in [5.41, 5.74) is 7.50. The van der Waals surface area contributed by atoms with E-state index < -0.39 is 0 Å². The van der Waals surface area contributed by atoms with Gasteiger partial charge in [-0.05, 0) is 55.9 Å². The van der Waals surface area contributed by atoms with Crippen LogP contribution in [0.4, 0.5) is 11.4 Å². The Bertz CT molecular complexity index is 2120. The zero-order valence-electron chi connectivity index (χ0n) is 30.9. The number of allylic oxidation sites excluding steroid dienone is 18. The Morgan fingerprint density at radius 2 is 1.25 bits per heavy atom. The lowest BCUT2D eigenvalue weighted by Gasteiger charge is -2.26. The number of carbonyl (C=O) groups is 2. The first-order valence-corrected chi connectivity index (χ1v) is 18.1. The molecule has 0 aromatic heterocycles. The molecule has 0 N–H and O–H groups in total. The maximum absolute atomic E-state index is 12.9. The van der Waals surface area contributed by atoms with Gasteiger partial charge in [-0.3, -0.25) is 0 Å². The molecule has 6 rings (SSSR count). The second kappa shape index (κ2) is 16.6. The lowest BCUT2D eigenvalue weighted by Crippen LogP contribution is -2.29. The molecule has 0 bridgehead atoms. The number of hydrogen-bond acceptors (Lipinski definition) is 5.